The molecular weight excluding hydrogens is 1420 g/mol. The highest BCUT2D eigenvalue weighted by Gasteiger charge is 2.02. The van der Waals surface area contributed by atoms with Crippen molar-refractivity contribution in [2.45, 2.75) is 273 Å². The lowest BCUT2D eigenvalue weighted by Gasteiger charge is -1.96. The summed E-state index contributed by atoms with van der Waals surface area (Å²) >= 11 is 0. The molecule has 24 nitrogen and oxygen atoms in total. The number of carbonyl (C=O) groups is 12. The first-order chi connectivity index (χ1) is 41.9. The van der Waals surface area contributed by atoms with E-state index < -0.39 is 0 Å². The van der Waals surface area contributed by atoms with Gasteiger partial charge in [-0.15, -0.1) is 0 Å². The molecule has 0 amide bonds. The van der Waals surface area contributed by atoms with Crippen LogP contribution in [0.4, 0.5) is 0 Å². The Hall–Kier alpha value is -9.48. The Labute approximate surface area is 684 Å². The Kier molecular flexibility index (Phi) is 335. The fourth-order valence-electron chi connectivity index (χ4n) is 2.73. The van der Waals surface area contributed by atoms with Crippen molar-refractivity contribution >= 4 is 71.6 Å². The molecule has 0 spiro atoms. The Morgan fingerprint density at radius 2 is 0.236 bits per heavy atom. The second-order valence-electron chi connectivity index (χ2n) is 14.7. The number of esters is 12. The van der Waals surface area contributed by atoms with E-state index in [4.69, 9.17) is 0 Å². The molecule has 0 aliphatic heterocycles. The van der Waals surface area contributed by atoms with Crippen LogP contribution < -0.4 is 0 Å². The van der Waals surface area contributed by atoms with Crippen LogP contribution in [0.2, 0.25) is 0 Å². The van der Waals surface area contributed by atoms with Gasteiger partial charge in [-0.05, 0) is 125 Å². The molecule has 110 heavy (non-hydrogen) atoms. The highest BCUT2D eigenvalue weighted by atomic mass is 16.6. The zero-order valence-corrected chi connectivity index (χ0v) is 57.2. The van der Waals surface area contributed by atoms with Gasteiger partial charge >= 0.3 is 71.6 Å². The van der Waals surface area contributed by atoms with Gasteiger partial charge in [0.05, 0.1) is 79.3 Å². The van der Waals surface area contributed by atoms with Crippen LogP contribution in [0.15, 0.2) is 149 Å². The van der Waals surface area contributed by atoms with Crippen molar-refractivity contribution in [3.63, 3.8) is 0 Å². The van der Waals surface area contributed by atoms with Crippen LogP contribution >= 0.6 is 0 Å². The molecule has 0 atom stereocenters. The highest BCUT2D eigenvalue weighted by Crippen LogP contribution is 1.93. The summed E-state index contributed by atoms with van der Waals surface area (Å²) in [6, 6.07) is 0. The third-order valence-corrected chi connectivity index (χ3v) is 6.46. The highest BCUT2D eigenvalue weighted by molar-refractivity contribution is 5.89. The molecule has 0 saturated carbocycles. The molecule has 0 unspecified atom stereocenters. The molecule has 0 radical (unpaired) electrons. The molecule has 0 aromatic carbocycles. The van der Waals surface area contributed by atoms with Gasteiger partial charge in [-0.3, -0.25) is 0 Å². The zero-order chi connectivity index (χ0) is 73.6. The van der Waals surface area contributed by atoms with Crippen molar-refractivity contribution in [1.29, 1.82) is 0 Å². The summed E-state index contributed by atoms with van der Waals surface area (Å²) < 4.78 is 54.0. The smallest absolute Gasteiger partial charge is 0.333 e. The van der Waals surface area contributed by atoms with Gasteiger partial charge < -0.3 is 56.8 Å². The van der Waals surface area contributed by atoms with Crippen molar-refractivity contribution in [2.24, 2.45) is 0 Å². The van der Waals surface area contributed by atoms with E-state index in [1.807, 2.05) is 0 Å². The number of hydrogen-bond donors (Lipinski definition) is 0. The minimum absolute atomic E-state index is 0. The number of carbonyl (C=O) groups excluding carboxylic acids is 12. The second-order valence-corrected chi connectivity index (χ2v) is 14.7. The fraction of sp³-hybridized carbons (Fsp3) is 0.581. The average Bonchev–Trinajstić information content (AvgIpc) is 1.07. The van der Waals surface area contributed by atoms with Gasteiger partial charge in [0.15, 0.2) is 0 Å². The lowest BCUT2D eigenvalue weighted by molar-refractivity contribution is -0.139. The molecule has 0 aliphatic rings. The minimum atomic E-state index is -0.359. The van der Waals surface area contributed by atoms with Gasteiger partial charge in [0.1, 0.15) is 0 Å². The fourth-order valence-corrected chi connectivity index (χ4v) is 2.73. The molecule has 24 heteroatoms. The summed E-state index contributed by atoms with van der Waals surface area (Å²) in [5.41, 5.74) is 2.70. The molecule has 0 aliphatic carbocycles. The monoisotopic (exact) mass is 1610 g/mol. The molecule has 0 bridgehead atoms. The van der Waals surface area contributed by atoms with Gasteiger partial charge in [0.25, 0.3) is 0 Å². The van der Waals surface area contributed by atoms with Gasteiger partial charge in [0.2, 0.25) is 0 Å². The topological polar surface area (TPSA) is 316 Å². The van der Waals surface area contributed by atoms with E-state index in [9.17, 15) is 57.5 Å². The summed E-state index contributed by atoms with van der Waals surface area (Å²) in [6.45, 7) is 75.5. The summed E-state index contributed by atoms with van der Waals surface area (Å²) in [4.78, 5) is 123. The lowest BCUT2D eigenvalue weighted by Crippen LogP contribution is -2.03. The summed E-state index contributed by atoms with van der Waals surface area (Å²) in [5, 5.41) is 0. The van der Waals surface area contributed by atoms with Gasteiger partial charge in [-0.2, -0.15) is 0 Å². The Balaban J connectivity index is -0.0000000198. The predicted molar refractivity (Wildman–Crippen MR) is 484 cm³/mol. The van der Waals surface area contributed by atoms with E-state index in [1.54, 1.807) is 125 Å². The first-order valence-corrected chi connectivity index (χ1v) is 27.7. The van der Waals surface area contributed by atoms with E-state index in [-0.39, 0.29) is 220 Å². The quantitative estimate of drug-likeness (QED) is 0.0492. The molecular formula is C86H188O24. The van der Waals surface area contributed by atoms with Crippen LogP contribution in [0.1, 0.15) is 273 Å². The van der Waals surface area contributed by atoms with E-state index >= 15 is 0 Å². The van der Waals surface area contributed by atoms with Crippen LogP contribution in [-0.2, 0) is 114 Å². The van der Waals surface area contributed by atoms with Gasteiger partial charge in [0, 0.05) is 69.9 Å². The third-order valence-electron chi connectivity index (χ3n) is 6.46. The Morgan fingerprint density at radius 1 is 0.173 bits per heavy atom. The van der Waals surface area contributed by atoms with E-state index in [2.05, 4.69) is 136 Å². The molecule has 0 aromatic heterocycles. The first kappa shape index (κ1) is 212. The van der Waals surface area contributed by atoms with Crippen LogP contribution in [0.25, 0.3) is 0 Å². The Morgan fingerprint density at radius 3 is 0.255 bits per heavy atom. The van der Waals surface area contributed by atoms with Crippen molar-refractivity contribution in [3.05, 3.63) is 149 Å². The van der Waals surface area contributed by atoms with Gasteiger partial charge in [-0.1, -0.05) is 227 Å². The maximum Gasteiger partial charge on any atom is 0.333 e. The van der Waals surface area contributed by atoms with Crippen LogP contribution in [0.3, 0.4) is 0 Å². The molecule has 0 saturated heterocycles. The lowest BCUT2D eigenvalue weighted by atomic mass is 10.4. The minimum Gasteiger partial charge on any atom is -0.463 e. The molecule has 0 aromatic rings. The summed E-state index contributed by atoms with van der Waals surface area (Å²) in [7, 11) is 0. The molecule has 676 valence electrons. The first-order valence-electron chi connectivity index (χ1n) is 27.7. The van der Waals surface area contributed by atoms with Crippen molar-refractivity contribution < 1.29 is 114 Å². The van der Waals surface area contributed by atoms with Crippen molar-refractivity contribution in [2.75, 3.05) is 79.3 Å². The maximum absolute atomic E-state index is 10.4. The van der Waals surface area contributed by atoms with Crippen LogP contribution in [0.5, 0.6) is 0 Å². The largest absolute Gasteiger partial charge is 0.463 e. The van der Waals surface area contributed by atoms with Crippen molar-refractivity contribution in [3.8, 4) is 0 Å². The predicted octanol–water partition coefficient (Wildman–Crippen LogP) is 23.9. The maximum atomic E-state index is 10.4. The van der Waals surface area contributed by atoms with E-state index in [0.717, 1.165) is 36.5 Å². The molecule has 0 rings (SSSR count). The van der Waals surface area contributed by atoms with Gasteiger partial charge in [-0.25, -0.2) is 57.5 Å². The normalized spacial score (nSPS) is 6.49. The average molecular weight is 1610 g/mol. The second kappa shape index (κ2) is 174. The number of rotatable bonds is 24. The number of hydrogen-bond acceptors (Lipinski definition) is 24. The van der Waals surface area contributed by atoms with Crippen LogP contribution in [0, 0.1) is 0 Å². The number of ether oxygens (including phenoxy) is 12. The van der Waals surface area contributed by atoms with E-state index in [0.29, 0.717) is 113 Å². The Bertz CT molecular complexity index is 1780. The molecule has 0 heterocycles. The summed E-state index contributed by atoms with van der Waals surface area (Å²) in [6.07, 6.45) is 6.85. The van der Waals surface area contributed by atoms with E-state index in [1.165, 1.54) is 0 Å². The molecule has 0 N–H and O–H groups in total. The molecule has 0 fully saturated rings. The third kappa shape index (κ3) is 240. The van der Waals surface area contributed by atoms with Crippen molar-refractivity contribution in [1.82, 2.24) is 0 Å². The van der Waals surface area contributed by atoms with Crippen LogP contribution in [-0.4, -0.2) is 151 Å². The zero-order valence-electron chi connectivity index (χ0n) is 57.2. The summed E-state index contributed by atoms with van der Waals surface area (Å²) in [5.74, 6) is -4.03. The SMILES string of the molecule is C.C.C.C.C.C.C.C.C.C.C.C.C.C.C.C.C.C.C.C.C=C(C)C(=O)OCC.C=C(C)C(=O)OCC.C=C(C)C(=O)OCC.C=C(C)C(=O)OCC.C=C(C)C(=O)OCC.C=C(C)C(=O)OCC.C=CC(=O)OCC.C=CC(=O)OCC.C=CC(=O)OCC.C=CC(=O)OCC.C=CC(=O)OCC.C=CC(=O)OCC. The standard InChI is InChI=1S/6C6H10O2.6C5H8O2.20CH4/c6*1-4-8-6(7)5(2)3;6*1-3-5(6)7-4-2;;;;;;;;;;;;;;;;;;;;/h6*2,4H2,1,3H3;6*3H,1,4H2,2H3;20*1H4.